The molecule has 0 aromatic heterocycles. The molecule has 0 radical (unpaired) electrons. The van der Waals surface area contributed by atoms with Gasteiger partial charge in [-0.1, -0.05) is 12.1 Å². The van der Waals surface area contributed by atoms with Gasteiger partial charge in [-0.25, -0.2) is 14.0 Å². The van der Waals surface area contributed by atoms with Crippen molar-refractivity contribution in [3.05, 3.63) is 35.6 Å². The Balaban J connectivity index is 2.99. The Kier molecular flexibility index (Phi) is 4.70. The van der Waals surface area contributed by atoms with Crippen LogP contribution in [0.15, 0.2) is 24.3 Å². The van der Waals surface area contributed by atoms with Gasteiger partial charge < -0.3 is 9.84 Å². The average molecular weight is 283 g/mol. The molecule has 0 saturated carbocycles. The first kappa shape index (κ1) is 15.9. The third-order valence-electron chi connectivity index (χ3n) is 2.49. The van der Waals surface area contributed by atoms with Gasteiger partial charge in [-0.05, 0) is 38.5 Å². The van der Waals surface area contributed by atoms with Crippen LogP contribution in [0, 0.1) is 5.82 Å². The first-order valence-corrected chi connectivity index (χ1v) is 6.06. The van der Waals surface area contributed by atoms with Crippen molar-refractivity contribution in [2.24, 2.45) is 0 Å². The second-order valence-corrected chi connectivity index (χ2v) is 5.38. The van der Waals surface area contributed by atoms with Crippen molar-refractivity contribution >= 4 is 12.1 Å². The van der Waals surface area contributed by atoms with E-state index in [2.05, 4.69) is 0 Å². The van der Waals surface area contributed by atoms with Crippen LogP contribution >= 0.6 is 0 Å². The maximum atomic E-state index is 12.9. The Morgan fingerprint density at radius 2 is 1.75 bits per heavy atom. The van der Waals surface area contributed by atoms with Crippen molar-refractivity contribution in [1.82, 2.24) is 4.90 Å². The second-order valence-electron chi connectivity index (χ2n) is 5.38. The maximum Gasteiger partial charge on any atom is 0.411 e. The fourth-order valence-electron chi connectivity index (χ4n) is 1.62. The van der Waals surface area contributed by atoms with Gasteiger partial charge in [-0.3, -0.25) is 4.90 Å². The Labute approximate surface area is 117 Å². The molecule has 110 valence electrons. The Morgan fingerprint density at radius 1 is 1.25 bits per heavy atom. The molecular weight excluding hydrogens is 265 g/mol. The molecule has 0 aliphatic carbocycles. The molecular formula is C14H18FNO4. The van der Waals surface area contributed by atoms with Gasteiger partial charge >= 0.3 is 12.1 Å². The number of nitrogens with zero attached hydrogens (tertiary/aromatic N) is 1. The number of ether oxygens (including phenoxy) is 1. The van der Waals surface area contributed by atoms with Crippen molar-refractivity contribution in [2.45, 2.75) is 32.4 Å². The number of carbonyl (C=O) groups excluding carboxylic acids is 1. The molecule has 5 nitrogen and oxygen atoms in total. The highest BCUT2D eigenvalue weighted by Gasteiger charge is 2.31. The summed E-state index contributed by atoms with van der Waals surface area (Å²) in [4.78, 5) is 24.2. The lowest BCUT2D eigenvalue weighted by molar-refractivity contribution is -0.142. The second kappa shape index (κ2) is 5.90. The summed E-state index contributed by atoms with van der Waals surface area (Å²) in [6.45, 7) is 5.06. The summed E-state index contributed by atoms with van der Waals surface area (Å²) in [6.07, 6.45) is -0.755. The third-order valence-corrected chi connectivity index (χ3v) is 2.49. The number of carbonyl (C=O) groups is 2. The van der Waals surface area contributed by atoms with Gasteiger partial charge in [0.1, 0.15) is 11.4 Å². The van der Waals surface area contributed by atoms with E-state index >= 15 is 0 Å². The van der Waals surface area contributed by atoms with E-state index in [1.807, 2.05) is 0 Å². The Morgan fingerprint density at radius 3 is 2.15 bits per heavy atom. The minimum atomic E-state index is -1.23. The van der Waals surface area contributed by atoms with E-state index in [9.17, 15) is 19.1 Å². The van der Waals surface area contributed by atoms with Crippen LogP contribution in [-0.4, -0.2) is 34.7 Å². The number of aliphatic carboxylic acids is 1. The number of halogens is 1. The third kappa shape index (κ3) is 4.22. The summed E-state index contributed by atoms with van der Waals surface area (Å²) in [7, 11) is 1.33. The molecule has 0 aliphatic heterocycles. The number of carboxylic acids is 1. The predicted molar refractivity (Wildman–Crippen MR) is 70.8 cm³/mol. The number of hydrogen-bond donors (Lipinski definition) is 1. The first-order valence-electron chi connectivity index (χ1n) is 6.06. The van der Waals surface area contributed by atoms with E-state index in [-0.39, 0.29) is 0 Å². The van der Waals surface area contributed by atoms with E-state index in [1.54, 1.807) is 20.8 Å². The van der Waals surface area contributed by atoms with Crippen LogP contribution in [0.3, 0.4) is 0 Å². The predicted octanol–water partition coefficient (Wildman–Crippen LogP) is 2.82. The highest BCUT2D eigenvalue weighted by atomic mass is 19.1. The summed E-state index contributed by atoms with van der Waals surface area (Å²) in [6, 6.07) is 3.72. The summed E-state index contributed by atoms with van der Waals surface area (Å²) >= 11 is 0. The van der Waals surface area contributed by atoms with Gasteiger partial charge in [0.05, 0.1) is 0 Å². The lowest BCUT2D eigenvalue weighted by Crippen LogP contribution is -2.39. The zero-order valence-electron chi connectivity index (χ0n) is 11.9. The Hall–Kier alpha value is -2.11. The van der Waals surface area contributed by atoms with Crippen LogP contribution in [0.1, 0.15) is 32.4 Å². The van der Waals surface area contributed by atoms with E-state index in [0.29, 0.717) is 5.56 Å². The molecule has 0 aliphatic rings. The number of benzene rings is 1. The van der Waals surface area contributed by atoms with Crippen LogP contribution in [0.4, 0.5) is 9.18 Å². The fraction of sp³-hybridized carbons (Fsp3) is 0.429. The summed E-state index contributed by atoms with van der Waals surface area (Å²) < 4.78 is 18.0. The highest BCUT2D eigenvalue weighted by Crippen LogP contribution is 2.22. The minimum Gasteiger partial charge on any atom is -0.479 e. The largest absolute Gasteiger partial charge is 0.479 e. The summed E-state index contributed by atoms with van der Waals surface area (Å²) in [5.41, 5.74) is -0.427. The smallest absolute Gasteiger partial charge is 0.411 e. The lowest BCUT2D eigenvalue weighted by atomic mass is 10.1. The zero-order chi connectivity index (χ0) is 15.5. The normalized spacial score (nSPS) is 12.7. The molecule has 0 fully saturated rings. The van der Waals surface area contributed by atoms with E-state index in [1.165, 1.54) is 19.2 Å². The Bertz CT molecular complexity index is 493. The minimum absolute atomic E-state index is 0.298. The molecule has 1 N–H and O–H groups in total. The average Bonchev–Trinajstić information content (AvgIpc) is 2.29. The monoisotopic (exact) mass is 283 g/mol. The SMILES string of the molecule is CN(C(=O)OC(C)(C)C)C(C(=O)O)c1ccc(F)cc1. The van der Waals surface area contributed by atoms with Gasteiger partial charge in [0, 0.05) is 7.05 Å². The van der Waals surface area contributed by atoms with E-state index < -0.39 is 29.5 Å². The topological polar surface area (TPSA) is 66.8 Å². The van der Waals surface area contributed by atoms with Crippen molar-refractivity contribution in [2.75, 3.05) is 7.05 Å². The van der Waals surface area contributed by atoms with E-state index in [4.69, 9.17) is 4.74 Å². The van der Waals surface area contributed by atoms with Crippen LogP contribution < -0.4 is 0 Å². The standard InChI is InChI=1S/C14H18FNO4/c1-14(2,3)20-13(19)16(4)11(12(17)18)9-5-7-10(15)8-6-9/h5-8,11H,1-4H3,(H,17,18). The molecule has 1 unspecified atom stereocenters. The van der Waals surface area contributed by atoms with Gasteiger partial charge in [0.25, 0.3) is 0 Å². The summed E-state index contributed by atoms with van der Waals surface area (Å²) in [5, 5.41) is 9.27. The van der Waals surface area contributed by atoms with Crippen molar-refractivity contribution in [1.29, 1.82) is 0 Å². The molecule has 0 spiro atoms. The highest BCUT2D eigenvalue weighted by molar-refractivity contribution is 5.81. The van der Waals surface area contributed by atoms with Crippen LogP contribution in [-0.2, 0) is 9.53 Å². The van der Waals surface area contributed by atoms with Gasteiger partial charge in [0.2, 0.25) is 0 Å². The molecule has 0 heterocycles. The number of hydrogen-bond acceptors (Lipinski definition) is 3. The molecule has 6 heteroatoms. The fourth-order valence-corrected chi connectivity index (χ4v) is 1.62. The van der Waals surface area contributed by atoms with Crippen LogP contribution in [0.25, 0.3) is 0 Å². The maximum absolute atomic E-state index is 12.9. The molecule has 1 atom stereocenters. The lowest BCUT2D eigenvalue weighted by Gasteiger charge is -2.28. The molecule has 1 aromatic carbocycles. The van der Waals surface area contributed by atoms with Crippen molar-refractivity contribution < 1.29 is 23.8 Å². The number of rotatable bonds is 3. The van der Waals surface area contributed by atoms with Crippen LogP contribution in [0.2, 0.25) is 0 Å². The van der Waals surface area contributed by atoms with Crippen molar-refractivity contribution in [3.63, 3.8) is 0 Å². The molecule has 1 amide bonds. The number of likely N-dealkylation sites (N-methyl/N-ethyl adjacent to an activating group) is 1. The molecule has 0 bridgehead atoms. The zero-order valence-corrected chi connectivity index (χ0v) is 11.9. The van der Waals surface area contributed by atoms with Gasteiger partial charge in [-0.2, -0.15) is 0 Å². The van der Waals surface area contributed by atoms with E-state index in [0.717, 1.165) is 17.0 Å². The molecule has 1 aromatic rings. The quantitative estimate of drug-likeness (QED) is 0.926. The number of amides is 1. The van der Waals surface area contributed by atoms with Gasteiger partial charge in [-0.15, -0.1) is 0 Å². The number of carboxylic acid groups (broad SMARTS) is 1. The van der Waals surface area contributed by atoms with Gasteiger partial charge in [0.15, 0.2) is 6.04 Å². The summed E-state index contributed by atoms with van der Waals surface area (Å²) in [5.74, 6) is -1.69. The molecule has 20 heavy (non-hydrogen) atoms. The molecule has 1 rings (SSSR count). The first-order chi connectivity index (χ1) is 9.11. The van der Waals surface area contributed by atoms with Crippen molar-refractivity contribution in [3.8, 4) is 0 Å². The molecule has 0 saturated heterocycles. The van der Waals surface area contributed by atoms with Crippen LogP contribution in [0.5, 0.6) is 0 Å².